The lowest BCUT2D eigenvalue weighted by Gasteiger charge is -2.17. The van der Waals surface area contributed by atoms with Crippen LogP contribution in [0.15, 0.2) is 43.0 Å². The third-order valence-electron chi connectivity index (χ3n) is 6.81. The average molecular weight is 571 g/mol. The van der Waals surface area contributed by atoms with Gasteiger partial charge in [-0.15, -0.1) is 0 Å². The number of alkyl halides is 3. The number of likely N-dealkylation sites (tertiary alicyclic amines) is 1. The lowest BCUT2D eigenvalue weighted by molar-refractivity contribution is -0.140. The van der Waals surface area contributed by atoms with Crippen molar-refractivity contribution in [3.05, 3.63) is 59.8 Å². The number of aromatic nitrogens is 5. The molecule has 0 radical (unpaired) electrons. The Balaban J connectivity index is 1.26. The molecule has 216 valence electrons. The van der Waals surface area contributed by atoms with Crippen molar-refractivity contribution in [3.63, 3.8) is 0 Å². The minimum absolute atomic E-state index is 0.000152. The van der Waals surface area contributed by atoms with Gasteiger partial charge in [0.2, 0.25) is 0 Å². The van der Waals surface area contributed by atoms with Crippen LogP contribution in [0.4, 0.5) is 29.5 Å². The van der Waals surface area contributed by atoms with Gasteiger partial charge in [-0.3, -0.25) is 14.3 Å². The van der Waals surface area contributed by atoms with E-state index in [-0.39, 0.29) is 42.3 Å². The number of imidazole rings is 1. The van der Waals surface area contributed by atoms with Crippen LogP contribution in [0.2, 0.25) is 0 Å². The minimum Gasteiger partial charge on any atom is -0.350 e. The molecule has 1 aromatic carbocycles. The third-order valence-corrected chi connectivity index (χ3v) is 6.81. The number of hydrogen-bond acceptors (Lipinski definition) is 7. The van der Waals surface area contributed by atoms with Gasteiger partial charge in [0.05, 0.1) is 17.5 Å². The maximum Gasteiger partial charge on any atom is 0.435 e. The normalized spacial score (nSPS) is 15.3. The summed E-state index contributed by atoms with van der Waals surface area (Å²) in [6.07, 6.45) is 2.18. The van der Waals surface area contributed by atoms with E-state index in [9.17, 15) is 22.8 Å². The van der Waals surface area contributed by atoms with E-state index in [1.54, 1.807) is 23.1 Å². The largest absolute Gasteiger partial charge is 0.435 e. The topological polar surface area (TPSA) is 158 Å². The molecule has 15 heteroatoms. The fraction of sp³-hybridized carbons (Fsp3) is 0.346. The van der Waals surface area contributed by atoms with Crippen LogP contribution in [0.5, 0.6) is 0 Å². The van der Waals surface area contributed by atoms with Crippen LogP contribution in [0.1, 0.15) is 35.0 Å². The summed E-state index contributed by atoms with van der Waals surface area (Å²) < 4.78 is 41.7. The average Bonchev–Trinajstić information content (AvgIpc) is 3.70. The van der Waals surface area contributed by atoms with E-state index < -0.39 is 11.9 Å². The van der Waals surface area contributed by atoms with Gasteiger partial charge in [-0.25, -0.2) is 14.8 Å². The zero-order chi connectivity index (χ0) is 29.1. The molecular formula is C26H29F3N10O2. The summed E-state index contributed by atoms with van der Waals surface area (Å²) in [4.78, 5) is 35.3. The number of hydrogen-bond donors (Lipinski definition) is 5. The molecule has 1 aliphatic heterocycles. The van der Waals surface area contributed by atoms with Gasteiger partial charge in [0.1, 0.15) is 0 Å². The molecule has 3 amide bonds. The molecule has 0 unspecified atom stereocenters. The molecule has 4 heterocycles. The maximum atomic E-state index is 13.4. The van der Waals surface area contributed by atoms with Gasteiger partial charge in [0.25, 0.3) is 5.91 Å². The standard InChI is InChI=1S/C26H29F3N10O2/c1-2-15-11-17(3-4-18(15)24(40)32-6-7-33-25(41)38-9-5-16(30)14-38)36-22-23-34-13-20(39(23)10-8-31-22)19-12-35-37-21(19)26(27,28)29/h3-4,8,10-13,16H,2,5-7,9,14,30H2,1H3,(H,31,36)(H,32,40)(H,33,41)(H,35,37)/t16-/m0/s1. The Morgan fingerprint density at radius 1 is 1.20 bits per heavy atom. The number of aryl methyl sites for hydroxylation is 1. The van der Waals surface area contributed by atoms with Crippen molar-refractivity contribution >= 4 is 29.1 Å². The molecule has 0 saturated carbocycles. The monoisotopic (exact) mass is 570 g/mol. The van der Waals surface area contributed by atoms with E-state index in [1.165, 1.54) is 29.2 Å². The Morgan fingerprint density at radius 3 is 2.73 bits per heavy atom. The van der Waals surface area contributed by atoms with Crippen molar-refractivity contribution in [2.45, 2.75) is 32.0 Å². The number of rotatable bonds is 8. The number of carbonyl (C=O) groups excluding carboxylic acids is 2. The van der Waals surface area contributed by atoms with E-state index in [1.807, 2.05) is 6.92 Å². The number of fused-ring (bicyclic) bond motifs is 1. The maximum absolute atomic E-state index is 13.4. The molecule has 3 aromatic heterocycles. The van der Waals surface area contributed by atoms with Crippen LogP contribution < -0.4 is 21.7 Å². The molecule has 1 fully saturated rings. The second-order valence-corrected chi connectivity index (χ2v) is 9.59. The highest BCUT2D eigenvalue weighted by Crippen LogP contribution is 2.36. The number of urea groups is 1. The SMILES string of the molecule is CCc1cc(Nc2nccn3c(-c4c[nH]nc4C(F)(F)F)cnc23)ccc1C(=O)NCCNC(=O)N1CC[C@H](N)C1. The molecule has 4 aromatic rings. The molecular weight excluding hydrogens is 541 g/mol. The van der Waals surface area contributed by atoms with Gasteiger partial charge in [-0.05, 0) is 36.6 Å². The molecule has 6 N–H and O–H groups in total. The zero-order valence-electron chi connectivity index (χ0n) is 22.1. The number of carbonyl (C=O) groups is 2. The predicted molar refractivity (Wildman–Crippen MR) is 145 cm³/mol. The number of H-pyrrole nitrogens is 1. The van der Waals surface area contributed by atoms with Gasteiger partial charge in [-0.2, -0.15) is 18.3 Å². The highest BCUT2D eigenvalue weighted by atomic mass is 19.4. The van der Waals surface area contributed by atoms with E-state index in [4.69, 9.17) is 5.73 Å². The Labute approximate surface area is 232 Å². The molecule has 0 aliphatic carbocycles. The zero-order valence-corrected chi connectivity index (χ0v) is 22.1. The van der Waals surface area contributed by atoms with Gasteiger partial charge < -0.3 is 26.6 Å². The number of amides is 3. The third kappa shape index (κ3) is 5.94. The number of nitrogens with one attached hydrogen (secondary N) is 4. The number of benzene rings is 1. The number of halogens is 3. The predicted octanol–water partition coefficient (Wildman–Crippen LogP) is 2.92. The van der Waals surface area contributed by atoms with Crippen LogP contribution in [0, 0.1) is 0 Å². The van der Waals surface area contributed by atoms with Crippen LogP contribution in [0.25, 0.3) is 16.9 Å². The van der Waals surface area contributed by atoms with Crippen molar-refractivity contribution < 1.29 is 22.8 Å². The molecule has 1 saturated heterocycles. The molecule has 0 bridgehead atoms. The number of aromatic amines is 1. The van der Waals surface area contributed by atoms with E-state index in [0.717, 1.165) is 12.0 Å². The Bertz CT molecular complexity index is 1560. The first-order chi connectivity index (χ1) is 19.7. The molecule has 5 rings (SSSR count). The van der Waals surface area contributed by atoms with E-state index >= 15 is 0 Å². The van der Waals surface area contributed by atoms with Crippen molar-refractivity contribution in [1.82, 2.24) is 40.1 Å². The van der Waals surface area contributed by atoms with Crippen molar-refractivity contribution in [3.8, 4) is 11.3 Å². The van der Waals surface area contributed by atoms with Crippen molar-refractivity contribution in [2.75, 3.05) is 31.5 Å². The highest BCUT2D eigenvalue weighted by molar-refractivity contribution is 5.96. The molecule has 12 nitrogen and oxygen atoms in total. The fourth-order valence-electron chi connectivity index (χ4n) is 4.75. The second kappa shape index (κ2) is 11.4. The summed E-state index contributed by atoms with van der Waals surface area (Å²) in [5.74, 6) is 0.0503. The van der Waals surface area contributed by atoms with Gasteiger partial charge in [0, 0.05) is 62.1 Å². The number of anilines is 2. The summed E-state index contributed by atoms with van der Waals surface area (Å²) in [7, 11) is 0. The first-order valence-electron chi connectivity index (χ1n) is 13.1. The Morgan fingerprint density at radius 2 is 2.00 bits per heavy atom. The van der Waals surface area contributed by atoms with Crippen LogP contribution >= 0.6 is 0 Å². The summed E-state index contributed by atoms with van der Waals surface area (Å²) >= 11 is 0. The lowest BCUT2D eigenvalue weighted by atomic mass is 10.0. The van der Waals surface area contributed by atoms with Crippen LogP contribution in [0.3, 0.4) is 0 Å². The molecule has 1 atom stereocenters. The summed E-state index contributed by atoms with van der Waals surface area (Å²) in [6, 6.07) is 4.99. The summed E-state index contributed by atoms with van der Waals surface area (Å²) in [6.45, 7) is 3.60. The smallest absolute Gasteiger partial charge is 0.350 e. The van der Waals surface area contributed by atoms with Gasteiger partial charge in [-0.1, -0.05) is 6.92 Å². The Hall–Kier alpha value is -4.66. The first-order valence-corrected chi connectivity index (χ1v) is 13.1. The van der Waals surface area contributed by atoms with E-state index in [0.29, 0.717) is 42.2 Å². The van der Waals surface area contributed by atoms with Gasteiger partial charge >= 0.3 is 12.2 Å². The molecule has 41 heavy (non-hydrogen) atoms. The minimum atomic E-state index is -4.63. The first kappa shape index (κ1) is 27.9. The fourth-order valence-corrected chi connectivity index (χ4v) is 4.75. The Kier molecular flexibility index (Phi) is 7.79. The van der Waals surface area contributed by atoms with E-state index in [2.05, 4.69) is 36.1 Å². The van der Waals surface area contributed by atoms with Crippen molar-refractivity contribution in [2.24, 2.45) is 5.73 Å². The van der Waals surface area contributed by atoms with Crippen LogP contribution in [-0.2, 0) is 12.6 Å². The summed E-state index contributed by atoms with van der Waals surface area (Å²) in [5, 5.41) is 14.4. The quantitative estimate of drug-likeness (QED) is 0.204. The second-order valence-electron chi connectivity index (χ2n) is 9.59. The van der Waals surface area contributed by atoms with Crippen molar-refractivity contribution in [1.29, 1.82) is 0 Å². The molecule has 1 aliphatic rings. The highest BCUT2D eigenvalue weighted by Gasteiger charge is 2.37. The lowest BCUT2D eigenvalue weighted by Crippen LogP contribution is -2.42. The van der Waals surface area contributed by atoms with Gasteiger partial charge in [0.15, 0.2) is 17.2 Å². The molecule has 0 spiro atoms. The summed E-state index contributed by atoms with van der Waals surface area (Å²) in [5.41, 5.74) is 7.07. The number of nitrogens with zero attached hydrogens (tertiary/aromatic N) is 5. The van der Waals surface area contributed by atoms with Crippen LogP contribution in [-0.4, -0.2) is 73.6 Å². The number of nitrogens with two attached hydrogens (primary N) is 1.